The molecule has 4 heteroatoms. The van der Waals surface area contributed by atoms with Crippen LogP contribution in [0, 0.1) is 0 Å². The smallest absolute Gasteiger partial charge is 0.306 e. The van der Waals surface area contributed by atoms with Crippen molar-refractivity contribution in [3.8, 4) is 0 Å². The summed E-state index contributed by atoms with van der Waals surface area (Å²) in [6, 6.07) is 0. The molecule has 0 aliphatic carbocycles. The molecular formula is C23H44O4. The van der Waals surface area contributed by atoms with Crippen LogP contribution in [0.15, 0.2) is 0 Å². The summed E-state index contributed by atoms with van der Waals surface area (Å²) in [6.07, 6.45) is 17.1. The average molecular weight is 385 g/mol. The Bertz CT molecular complexity index is 354. The maximum absolute atomic E-state index is 11.7. The van der Waals surface area contributed by atoms with E-state index >= 15 is 0 Å². The molecule has 4 nitrogen and oxygen atoms in total. The molecule has 0 N–H and O–H groups in total. The van der Waals surface area contributed by atoms with Gasteiger partial charge in [0, 0.05) is 0 Å². The first kappa shape index (κ1) is 25.9. The maximum atomic E-state index is 11.7. The van der Waals surface area contributed by atoms with Crippen LogP contribution < -0.4 is 0 Å². The van der Waals surface area contributed by atoms with E-state index in [1.165, 1.54) is 51.4 Å². The lowest BCUT2D eigenvalue weighted by Crippen LogP contribution is -2.16. The highest BCUT2D eigenvalue weighted by Gasteiger charge is 2.12. The van der Waals surface area contributed by atoms with Crippen LogP contribution in [0.4, 0.5) is 0 Å². The Balaban J connectivity index is 3.42. The topological polar surface area (TPSA) is 52.6 Å². The number of carbonyl (C=O) groups excluding carboxylic acids is 2. The lowest BCUT2D eigenvalue weighted by atomic mass is 10.1. The highest BCUT2D eigenvalue weighted by Crippen LogP contribution is 2.11. The third-order valence-corrected chi connectivity index (χ3v) is 4.84. The summed E-state index contributed by atoms with van der Waals surface area (Å²) in [4.78, 5) is 23.4. The molecule has 1 unspecified atom stereocenters. The normalized spacial score (nSPS) is 12.0. The average Bonchev–Trinajstić information content (AvgIpc) is 2.64. The van der Waals surface area contributed by atoms with Gasteiger partial charge in [-0.1, -0.05) is 84.5 Å². The molecule has 160 valence electrons. The van der Waals surface area contributed by atoms with Gasteiger partial charge in [-0.3, -0.25) is 9.59 Å². The Hall–Kier alpha value is -1.06. The summed E-state index contributed by atoms with van der Waals surface area (Å²) < 4.78 is 10.5. The molecule has 0 saturated heterocycles. The number of unbranched alkanes of at least 4 members (excludes halogenated alkanes) is 11. The summed E-state index contributed by atoms with van der Waals surface area (Å²) in [5, 5.41) is 0. The van der Waals surface area contributed by atoms with Gasteiger partial charge in [-0.25, -0.2) is 0 Å². The zero-order valence-electron chi connectivity index (χ0n) is 18.2. The largest absolute Gasteiger partial charge is 0.466 e. The second-order valence-electron chi connectivity index (χ2n) is 7.70. The quantitative estimate of drug-likeness (QED) is 0.183. The molecular weight excluding hydrogens is 340 g/mol. The molecule has 0 aromatic heterocycles. The van der Waals surface area contributed by atoms with Crippen LogP contribution in [0.1, 0.15) is 124 Å². The molecule has 0 fully saturated rings. The van der Waals surface area contributed by atoms with Crippen molar-refractivity contribution in [2.75, 3.05) is 6.61 Å². The third-order valence-electron chi connectivity index (χ3n) is 4.84. The zero-order valence-corrected chi connectivity index (χ0v) is 18.2. The fraction of sp³-hybridized carbons (Fsp3) is 0.913. The summed E-state index contributed by atoms with van der Waals surface area (Å²) >= 11 is 0. The second kappa shape index (κ2) is 19.7. The van der Waals surface area contributed by atoms with Crippen molar-refractivity contribution in [2.24, 2.45) is 0 Å². The van der Waals surface area contributed by atoms with Crippen LogP contribution in [0.5, 0.6) is 0 Å². The molecule has 27 heavy (non-hydrogen) atoms. The van der Waals surface area contributed by atoms with E-state index in [0.717, 1.165) is 38.5 Å². The molecule has 0 amide bonds. The number of hydrogen-bond acceptors (Lipinski definition) is 4. The lowest BCUT2D eigenvalue weighted by Gasteiger charge is -2.12. The van der Waals surface area contributed by atoms with Crippen molar-refractivity contribution in [1.29, 1.82) is 0 Å². The Morgan fingerprint density at radius 1 is 0.667 bits per heavy atom. The van der Waals surface area contributed by atoms with Gasteiger partial charge in [0.05, 0.1) is 25.6 Å². The SMILES string of the molecule is CCCCCCCCCCCCOC(=O)CCC(=O)OC(C)CCCCC. The maximum Gasteiger partial charge on any atom is 0.306 e. The molecule has 0 aromatic carbocycles. The minimum Gasteiger partial charge on any atom is -0.466 e. The number of carbonyl (C=O) groups is 2. The van der Waals surface area contributed by atoms with Crippen LogP contribution in [-0.2, 0) is 19.1 Å². The number of ether oxygens (including phenoxy) is 2. The molecule has 0 aromatic rings. The van der Waals surface area contributed by atoms with E-state index in [9.17, 15) is 9.59 Å². The van der Waals surface area contributed by atoms with Gasteiger partial charge in [-0.15, -0.1) is 0 Å². The fourth-order valence-corrected chi connectivity index (χ4v) is 3.08. The molecule has 0 saturated carbocycles. The Morgan fingerprint density at radius 3 is 1.74 bits per heavy atom. The third kappa shape index (κ3) is 19.5. The van der Waals surface area contributed by atoms with Crippen LogP contribution in [0.25, 0.3) is 0 Å². The molecule has 0 aliphatic rings. The van der Waals surface area contributed by atoms with Gasteiger partial charge in [0.25, 0.3) is 0 Å². The molecule has 0 radical (unpaired) electrons. The molecule has 0 spiro atoms. The van der Waals surface area contributed by atoms with Gasteiger partial charge < -0.3 is 9.47 Å². The minimum atomic E-state index is -0.296. The summed E-state index contributed by atoms with van der Waals surface area (Å²) in [5.41, 5.74) is 0. The molecule has 0 aliphatic heterocycles. The van der Waals surface area contributed by atoms with Gasteiger partial charge >= 0.3 is 11.9 Å². The summed E-state index contributed by atoms with van der Waals surface area (Å²) in [5.74, 6) is -0.587. The summed E-state index contributed by atoms with van der Waals surface area (Å²) in [6.45, 7) is 6.78. The Labute approximate surface area is 167 Å². The van der Waals surface area contributed by atoms with Crippen molar-refractivity contribution in [3.63, 3.8) is 0 Å². The molecule has 0 heterocycles. The first-order valence-corrected chi connectivity index (χ1v) is 11.4. The van der Waals surface area contributed by atoms with Crippen LogP contribution >= 0.6 is 0 Å². The van der Waals surface area contributed by atoms with Crippen LogP contribution in [0.2, 0.25) is 0 Å². The minimum absolute atomic E-state index is 0.0632. The Kier molecular flexibility index (Phi) is 18.9. The van der Waals surface area contributed by atoms with Crippen molar-refractivity contribution >= 4 is 11.9 Å². The van der Waals surface area contributed by atoms with E-state index in [1.54, 1.807) is 0 Å². The second-order valence-corrected chi connectivity index (χ2v) is 7.70. The Morgan fingerprint density at radius 2 is 1.15 bits per heavy atom. The van der Waals surface area contributed by atoms with Crippen molar-refractivity contribution in [1.82, 2.24) is 0 Å². The molecule has 1 atom stereocenters. The van der Waals surface area contributed by atoms with E-state index in [2.05, 4.69) is 13.8 Å². The fourth-order valence-electron chi connectivity index (χ4n) is 3.08. The van der Waals surface area contributed by atoms with E-state index in [-0.39, 0.29) is 30.9 Å². The predicted molar refractivity (Wildman–Crippen MR) is 112 cm³/mol. The zero-order chi connectivity index (χ0) is 20.2. The van der Waals surface area contributed by atoms with Crippen molar-refractivity contribution in [2.45, 2.75) is 130 Å². The molecule has 0 bridgehead atoms. The highest BCUT2D eigenvalue weighted by atomic mass is 16.5. The van der Waals surface area contributed by atoms with Gasteiger partial charge in [0.1, 0.15) is 0 Å². The number of esters is 2. The van der Waals surface area contributed by atoms with Gasteiger partial charge in [0.2, 0.25) is 0 Å². The van der Waals surface area contributed by atoms with Gasteiger partial charge in [-0.2, -0.15) is 0 Å². The van der Waals surface area contributed by atoms with Gasteiger partial charge in [0.15, 0.2) is 0 Å². The van der Waals surface area contributed by atoms with E-state index < -0.39 is 0 Å². The van der Waals surface area contributed by atoms with E-state index in [4.69, 9.17) is 9.47 Å². The number of rotatable bonds is 19. The van der Waals surface area contributed by atoms with Crippen LogP contribution in [-0.4, -0.2) is 24.6 Å². The van der Waals surface area contributed by atoms with Crippen molar-refractivity contribution < 1.29 is 19.1 Å². The first-order chi connectivity index (χ1) is 13.1. The van der Waals surface area contributed by atoms with Crippen molar-refractivity contribution in [3.05, 3.63) is 0 Å². The standard InChI is InChI=1S/C23H44O4/c1-4-6-8-9-10-11-12-13-14-16-20-26-22(24)18-19-23(25)27-21(3)17-15-7-5-2/h21H,4-20H2,1-3H3. The van der Waals surface area contributed by atoms with Crippen LogP contribution in [0.3, 0.4) is 0 Å². The monoisotopic (exact) mass is 384 g/mol. The first-order valence-electron chi connectivity index (χ1n) is 11.4. The van der Waals surface area contributed by atoms with Gasteiger partial charge in [-0.05, 0) is 26.2 Å². The van der Waals surface area contributed by atoms with E-state index in [1.807, 2.05) is 6.92 Å². The number of hydrogen-bond donors (Lipinski definition) is 0. The predicted octanol–water partition coefficient (Wildman–Crippen LogP) is 6.74. The summed E-state index contributed by atoms with van der Waals surface area (Å²) in [7, 11) is 0. The lowest BCUT2D eigenvalue weighted by molar-refractivity contribution is -0.153. The molecule has 0 rings (SSSR count). The van der Waals surface area contributed by atoms with E-state index in [0.29, 0.717) is 6.61 Å². The highest BCUT2D eigenvalue weighted by molar-refractivity contribution is 5.77.